The van der Waals surface area contributed by atoms with Gasteiger partial charge in [-0.1, -0.05) is 38.4 Å². The van der Waals surface area contributed by atoms with Gasteiger partial charge in [-0.05, 0) is 49.0 Å². The predicted molar refractivity (Wildman–Crippen MR) is 72.1 cm³/mol. The predicted octanol–water partition coefficient (Wildman–Crippen LogP) is 4.05. The van der Waals surface area contributed by atoms with Crippen molar-refractivity contribution >= 4 is 11.6 Å². The minimum absolute atomic E-state index is 0.169. The highest BCUT2D eigenvalue weighted by Gasteiger charge is 2.18. The molecule has 1 aromatic rings. The van der Waals surface area contributed by atoms with Gasteiger partial charge in [-0.3, -0.25) is 0 Å². The summed E-state index contributed by atoms with van der Waals surface area (Å²) in [5.41, 5.74) is 1.18. The van der Waals surface area contributed by atoms with E-state index in [0.717, 1.165) is 31.5 Å². The molecule has 96 valence electrons. The molecule has 0 radical (unpaired) electrons. The molecule has 1 aromatic carbocycles. The summed E-state index contributed by atoms with van der Waals surface area (Å²) in [7, 11) is 0. The first kappa shape index (κ1) is 14.5. The number of rotatable bonds is 6. The minimum Gasteiger partial charge on any atom is -0.317 e. The number of hydrogen-bond acceptors (Lipinski definition) is 1. The molecular formula is C14H21ClFN. The van der Waals surface area contributed by atoms with Crippen molar-refractivity contribution < 1.29 is 4.39 Å². The Kier molecular flexibility index (Phi) is 5.41. The Hall–Kier alpha value is -0.600. The van der Waals surface area contributed by atoms with Crippen LogP contribution in [-0.2, 0) is 6.42 Å². The quantitative estimate of drug-likeness (QED) is 0.759. The highest BCUT2D eigenvalue weighted by atomic mass is 35.5. The summed E-state index contributed by atoms with van der Waals surface area (Å²) in [4.78, 5) is 0. The van der Waals surface area contributed by atoms with Crippen molar-refractivity contribution in [3.8, 4) is 0 Å². The number of nitrogens with one attached hydrogen (secondary N) is 1. The van der Waals surface area contributed by atoms with Crippen LogP contribution in [-0.4, -0.2) is 13.1 Å². The van der Waals surface area contributed by atoms with Crippen LogP contribution in [0.1, 0.15) is 32.8 Å². The molecule has 0 aliphatic carbocycles. The van der Waals surface area contributed by atoms with Crippen LogP contribution in [0.5, 0.6) is 0 Å². The molecule has 0 heterocycles. The Morgan fingerprint density at radius 1 is 1.35 bits per heavy atom. The fourth-order valence-corrected chi connectivity index (χ4v) is 2.01. The van der Waals surface area contributed by atoms with Crippen LogP contribution < -0.4 is 5.32 Å². The zero-order valence-electron chi connectivity index (χ0n) is 10.8. The SMILES string of the molecule is CCNCCC(C)(C)Cc1ccc(Cl)c(F)c1. The molecule has 1 nitrogen and oxygen atoms in total. The van der Waals surface area contributed by atoms with Gasteiger partial charge >= 0.3 is 0 Å². The van der Waals surface area contributed by atoms with Crippen molar-refractivity contribution in [3.63, 3.8) is 0 Å². The molecule has 3 heteroatoms. The molecule has 0 aliphatic heterocycles. The third-order valence-electron chi connectivity index (χ3n) is 2.90. The van der Waals surface area contributed by atoms with Gasteiger partial charge in [0, 0.05) is 0 Å². The standard InChI is InChI=1S/C14H21ClFN/c1-4-17-8-7-14(2,3)10-11-5-6-12(15)13(16)9-11/h5-6,9,17H,4,7-8,10H2,1-3H3. The summed E-state index contributed by atoms with van der Waals surface area (Å²) in [5.74, 6) is -0.327. The first-order valence-corrected chi connectivity index (χ1v) is 6.47. The Bertz CT molecular complexity index is 363. The molecule has 0 saturated carbocycles. The second-order valence-electron chi connectivity index (χ2n) is 5.19. The fraction of sp³-hybridized carbons (Fsp3) is 0.571. The minimum atomic E-state index is -0.327. The molecule has 0 bridgehead atoms. The van der Waals surface area contributed by atoms with Crippen LogP contribution in [0.4, 0.5) is 4.39 Å². The Balaban J connectivity index is 2.59. The van der Waals surface area contributed by atoms with Gasteiger partial charge < -0.3 is 5.32 Å². The van der Waals surface area contributed by atoms with Crippen molar-refractivity contribution in [1.29, 1.82) is 0 Å². The lowest BCUT2D eigenvalue weighted by Gasteiger charge is -2.25. The zero-order valence-corrected chi connectivity index (χ0v) is 11.6. The van der Waals surface area contributed by atoms with Gasteiger partial charge in [0.25, 0.3) is 0 Å². The molecule has 0 aromatic heterocycles. The van der Waals surface area contributed by atoms with Gasteiger partial charge in [0.15, 0.2) is 0 Å². The lowest BCUT2D eigenvalue weighted by atomic mass is 9.82. The van der Waals surface area contributed by atoms with Crippen LogP contribution in [0.25, 0.3) is 0 Å². The van der Waals surface area contributed by atoms with E-state index >= 15 is 0 Å². The number of hydrogen-bond donors (Lipinski definition) is 1. The lowest BCUT2D eigenvalue weighted by molar-refractivity contribution is 0.326. The van der Waals surface area contributed by atoms with E-state index in [0.29, 0.717) is 0 Å². The molecule has 17 heavy (non-hydrogen) atoms. The third-order valence-corrected chi connectivity index (χ3v) is 3.20. The molecular weight excluding hydrogens is 237 g/mol. The van der Waals surface area contributed by atoms with E-state index in [1.807, 2.05) is 6.07 Å². The summed E-state index contributed by atoms with van der Waals surface area (Å²) in [5, 5.41) is 3.51. The summed E-state index contributed by atoms with van der Waals surface area (Å²) in [6.45, 7) is 8.50. The van der Waals surface area contributed by atoms with Gasteiger partial charge in [-0.2, -0.15) is 0 Å². The average Bonchev–Trinajstić information content (AvgIpc) is 2.23. The first-order valence-electron chi connectivity index (χ1n) is 6.09. The zero-order chi connectivity index (χ0) is 12.9. The van der Waals surface area contributed by atoms with Crippen molar-refractivity contribution in [2.45, 2.75) is 33.6 Å². The van der Waals surface area contributed by atoms with Crippen LogP contribution in [0, 0.1) is 11.2 Å². The topological polar surface area (TPSA) is 12.0 Å². The third kappa shape index (κ3) is 5.05. The van der Waals surface area contributed by atoms with Gasteiger partial charge in [-0.15, -0.1) is 0 Å². The molecule has 0 atom stereocenters. The molecule has 0 fully saturated rings. The lowest BCUT2D eigenvalue weighted by Crippen LogP contribution is -2.23. The van der Waals surface area contributed by atoms with Crippen molar-refractivity contribution in [2.75, 3.05) is 13.1 Å². The normalized spacial score (nSPS) is 11.8. The molecule has 0 saturated heterocycles. The van der Waals surface area contributed by atoms with Gasteiger partial charge in [0.2, 0.25) is 0 Å². The maximum absolute atomic E-state index is 13.3. The van der Waals surface area contributed by atoms with Gasteiger partial charge in [-0.25, -0.2) is 4.39 Å². The van der Waals surface area contributed by atoms with E-state index in [-0.39, 0.29) is 16.3 Å². The van der Waals surface area contributed by atoms with E-state index in [9.17, 15) is 4.39 Å². The van der Waals surface area contributed by atoms with Crippen LogP contribution in [0.15, 0.2) is 18.2 Å². The van der Waals surface area contributed by atoms with Crippen LogP contribution >= 0.6 is 11.6 Å². The summed E-state index contributed by atoms with van der Waals surface area (Å²) in [6.07, 6.45) is 1.94. The van der Waals surface area contributed by atoms with Crippen molar-refractivity contribution in [1.82, 2.24) is 5.32 Å². The smallest absolute Gasteiger partial charge is 0.142 e. The number of halogens is 2. The van der Waals surface area contributed by atoms with E-state index in [2.05, 4.69) is 26.1 Å². The highest BCUT2D eigenvalue weighted by Crippen LogP contribution is 2.27. The van der Waals surface area contributed by atoms with E-state index in [1.54, 1.807) is 6.07 Å². The Labute approximate surface area is 108 Å². The Morgan fingerprint density at radius 2 is 2.06 bits per heavy atom. The van der Waals surface area contributed by atoms with Crippen LogP contribution in [0.2, 0.25) is 5.02 Å². The molecule has 0 spiro atoms. The molecule has 0 aliphatic rings. The fourth-order valence-electron chi connectivity index (χ4n) is 1.89. The van der Waals surface area contributed by atoms with Crippen LogP contribution in [0.3, 0.4) is 0 Å². The molecule has 1 rings (SSSR count). The number of benzene rings is 1. The monoisotopic (exact) mass is 257 g/mol. The molecule has 1 N–H and O–H groups in total. The summed E-state index contributed by atoms with van der Waals surface area (Å²) in [6, 6.07) is 5.07. The molecule has 0 amide bonds. The van der Waals surface area contributed by atoms with E-state index in [1.165, 1.54) is 6.07 Å². The average molecular weight is 258 g/mol. The summed E-state index contributed by atoms with van der Waals surface area (Å²) >= 11 is 5.67. The van der Waals surface area contributed by atoms with Crippen molar-refractivity contribution in [2.24, 2.45) is 5.41 Å². The van der Waals surface area contributed by atoms with E-state index < -0.39 is 0 Å². The maximum Gasteiger partial charge on any atom is 0.142 e. The van der Waals surface area contributed by atoms with Crippen molar-refractivity contribution in [3.05, 3.63) is 34.6 Å². The maximum atomic E-state index is 13.3. The highest BCUT2D eigenvalue weighted by molar-refractivity contribution is 6.30. The second kappa shape index (κ2) is 6.36. The van der Waals surface area contributed by atoms with E-state index in [4.69, 9.17) is 11.6 Å². The largest absolute Gasteiger partial charge is 0.317 e. The van der Waals surface area contributed by atoms with Gasteiger partial charge in [0.05, 0.1) is 5.02 Å². The van der Waals surface area contributed by atoms with Gasteiger partial charge in [0.1, 0.15) is 5.82 Å². The molecule has 0 unspecified atom stereocenters. The second-order valence-corrected chi connectivity index (χ2v) is 5.60. The Morgan fingerprint density at radius 3 is 2.65 bits per heavy atom. The summed E-state index contributed by atoms with van der Waals surface area (Å²) < 4.78 is 13.3. The first-order chi connectivity index (χ1) is 7.94.